The second-order valence-electron chi connectivity index (χ2n) is 2.96. The van der Waals surface area contributed by atoms with Gasteiger partial charge in [-0.2, -0.15) is 5.10 Å². The first-order chi connectivity index (χ1) is 7.72. The van der Waals surface area contributed by atoms with Crippen molar-refractivity contribution in [3.05, 3.63) is 42.5 Å². The van der Waals surface area contributed by atoms with Gasteiger partial charge in [-0.15, -0.1) is 6.58 Å². The third-order valence-electron chi connectivity index (χ3n) is 1.68. The van der Waals surface area contributed by atoms with Crippen molar-refractivity contribution in [1.82, 2.24) is 10.7 Å². The molecule has 0 aliphatic carbocycles. The number of thiocarbonyl (C=S) groups is 1. The third-order valence-corrected chi connectivity index (χ3v) is 1.92. The van der Waals surface area contributed by atoms with Gasteiger partial charge in [-0.05, 0) is 42.0 Å². The van der Waals surface area contributed by atoms with Crippen molar-refractivity contribution < 1.29 is 5.11 Å². The molecule has 3 N–H and O–H groups in total. The lowest BCUT2D eigenvalue weighted by Gasteiger charge is -2.02. The molecule has 1 aromatic carbocycles. The summed E-state index contributed by atoms with van der Waals surface area (Å²) in [4.78, 5) is 0. The summed E-state index contributed by atoms with van der Waals surface area (Å²) in [7, 11) is 0. The van der Waals surface area contributed by atoms with Crippen molar-refractivity contribution in [3.8, 4) is 5.75 Å². The fraction of sp³-hybridized carbons (Fsp3) is 0.0909. The van der Waals surface area contributed by atoms with Crippen LogP contribution in [0.1, 0.15) is 5.56 Å². The molecule has 0 aliphatic heterocycles. The zero-order chi connectivity index (χ0) is 11.8. The fourth-order valence-electron chi connectivity index (χ4n) is 0.930. The standard InChI is InChI=1S/C11H13N3OS/c1-2-7-12-11(16)14-13-8-9-3-5-10(15)6-4-9/h2-6,8,15H,1,7H2,(H2,12,14,16)/b13-8+. The molecule has 16 heavy (non-hydrogen) atoms. The Balaban J connectivity index is 2.39. The van der Waals surface area contributed by atoms with Crippen LogP contribution in [-0.2, 0) is 0 Å². The Morgan fingerprint density at radius 3 is 2.75 bits per heavy atom. The number of phenols is 1. The van der Waals surface area contributed by atoms with Gasteiger partial charge in [0.05, 0.1) is 6.21 Å². The van der Waals surface area contributed by atoms with Gasteiger partial charge < -0.3 is 10.4 Å². The number of benzene rings is 1. The minimum absolute atomic E-state index is 0.230. The van der Waals surface area contributed by atoms with Gasteiger partial charge in [0.25, 0.3) is 0 Å². The quantitative estimate of drug-likeness (QED) is 0.319. The van der Waals surface area contributed by atoms with Crippen LogP contribution in [0.15, 0.2) is 42.0 Å². The van der Waals surface area contributed by atoms with Crippen molar-refractivity contribution >= 4 is 23.5 Å². The second kappa shape index (κ2) is 6.58. The molecule has 84 valence electrons. The highest BCUT2D eigenvalue weighted by Gasteiger charge is 1.90. The Hall–Kier alpha value is -1.88. The van der Waals surface area contributed by atoms with E-state index in [-0.39, 0.29) is 5.75 Å². The molecule has 0 aliphatic rings. The van der Waals surface area contributed by atoms with Crippen molar-refractivity contribution in [3.63, 3.8) is 0 Å². The molecular weight excluding hydrogens is 222 g/mol. The normalized spacial score (nSPS) is 10.0. The number of hydrazone groups is 1. The molecule has 1 aromatic rings. The summed E-state index contributed by atoms with van der Waals surface area (Å²) in [5.74, 6) is 0.230. The molecule has 0 radical (unpaired) electrons. The number of rotatable bonds is 4. The number of nitrogens with one attached hydrogen (secondary N) is 2. The average Bonchev–Trinajstić information content (AvgIpc) is 2.29. The van der Waals surface area contributed by atoms with E-state index in [0.29, 0.717) is 11.7 Å². The van der Waals surface area contributed by atoms with Crippen LogP contribution in [0, 0.1) is 0 Å². The van der Waals surface area contributed by atoms with E-state index in [9.17, 15) is 0 Å². The third kappa shape index (κ3) is 4.56. The Kier molecular flexibility index (Phi) is 5.01. The van der Waals surface area contributed by atoms with E-state index in [1.807, 2.05) is 0 Å². The summed E-state index contributed by atoms with van der Waals surface area (Å²) >= 11 is 4.93. The topological polar surface area (TPSA) is 56.7 Å². The van der Waals surface area contributed by atoms with Crippen LogP contribution in [-0.4, -0.2) is 23.0 Å². The number of hydrogen-bond donors (Lipinski definition) is 3. The molecule has 4 nitrogen and oxygen atoms in total. The maximum Gasteiger partial charge on any atom is 0.187 e. The summed E-state index contributed by atoms with van der Waals surface area (Å²) in [5.41, 5.74) is 3.53. The van der Waals surface area contributed by atoms with Crippen LogP contribution in [0.3, 0.4) is 0 Å². The van der Waals surface area contributed by atoms with E-state index < -0.39 is 0 Å². The van der Waals surface area contributed by atoms with E-state index in [1.165, 1.54) is 0 Å². The maximum absolute atomic E-state index is 9.07. The van der Waals surface area contributed by atoms with Crippen LogP contribution in [0.25, 0.3) is 0 Å². The minimum atomic E-state index is 0.230. The van der Waals surface area contributed by atoms with Gasteiger partial charge in [-0.25, -0.2) is 0 Å². The summed E-state index contributed by atoms with van der Waals surface area (Å²) in [6, 6.07) is 6.69. The Morgan fingerprint density at radius 1 is 1.44 bits per heavy atom. The van der Waals surface area contributed by atoms with Crippen LogP contribution in [0.5, 0.6) is 5.75 Å². The fourth-order valence-corrected chi connectivity index (χ4v) is 1.07. The number of nitrogens with zero attached hydrogens (tertiary/aromatic N) is 1. The first-order valence-corrected chi connectivity index (χ1v) is 5.10. The zero-order valence-corrected chi connectivity index (χ0v) is 9.50. The van der Waals surface area contributed by atoms with Crippen molar-refractivity contribution in [2.75, 3.05) is 6.54 Å². The largest absolute Gasteiger partial charge is 0.508 e. The van der Waals surface area contributed by atoms with Gasteiger partial charge in [-0.1, -0.05) is 6.08 Å². The SMILES string of the molecule is C=CCNC(=S)N/N=C/c1ccc(O)cc1. The first kappa shape index (κ1) is 12.2. The Morgan fingerprint density at radius 2 is 2.12 bits per heavy atom. The van der Waals surface area contributed by atoms with Gasteiger partial charge in [0.1, 0.15) is 5.75 Å². The molecule has 5 heteroatoms. The highest BCUT2D eigenvalue weighted by molar-refractivity contribution is 7.80. The van der Waals surface area contributed by atoms with Gasteiger partial charge >= 0.3 is 0 Å². The summed E-state index contributed by atoms with van der Waals surface area (Å²) in [5, 5.41) is 16.3. The Labute approximate surface area is 99.7 Å². The lowest BCUT2D eigenvalue weighted by molar-refractivity contribution is 0.475. The van der Waals surface area contributed by atoms with Crippen LogP contribution < -0.4 is 10.7 Å². The number of hydrogen-bond acceptors (Lipinski definition) is 3. The predicted octanol–water partition coefficient (Wildman–Crippen LogP) is 1.38. The van der Waals surface area contributed by atoms with Gasteiger partial charge in [-0.3, -0.25) is 5.43 Å². The maximum atomic E-state index is 9.07. The number of aromatic hydroxyl groups is 1. The molecule has 1 rings (SSSR count). The monoisotopic (exact) mass is 235 g/mol. The molecule has 0 aromatic heterocycles. The van der Waals surface area contributed by atoms with E-state index >= 15 is 0 Å². The Bertz CT molecular complexity index is 387. The molecule has 0 fully saturated rings. The average molecular weight is 235 g/mol. The van der Waals surface area contributed by atoms with Crippen molar-refractivity contribution in [2.45, 2.75) is 0 Å². The van der Waals surface area contributed by atoms with E-state index in [4.69, 9.17) is 17.3 Å². The molecule has 0 spiro atoms. The lowest BCUT2D eigenvalue weighted by atomic mass is 10.2. The van der Waals surface area contributed by atoms with Crippen LogP contribution >= 0.6 is 12.2 Å². The molecule has 0 amide bonds. The lowest BCUT2D eigenvalue weighted by Crippen LogP contribution is -2.31. The first-order valence-electron chi connectivity index (χ1n) is 4.69. The summed E-state index contributed by atoms with van der Waals surface area (Å²) in [6.45, 7) is 4.15. The van der Waals surface area contributed by atoms with Crippen molar-refractivity contribution in [1.29, 1.82) is 0 Å². The molecule has 0 saturated heterocycles. The minimum Gasteiger partial charge on any atom is -0.508 e. The molecule has 0 saturated carbocycles. The van der Waals surface area contributed by atoms with Crippen LogP contribution in [0.4, 0.5) is 0 Å². The van der Waals surface area contributed by atoms with Gasteiger partial charge in [0.15, 0.2) is 5.11 Å². The highest BCUT2D eigenvalue weighted by Crippen LogP contribution is 2.07. The van der Waals surface area contributed by atoms with Gasteiger partial charge in [0.2, 0.25) is 0 Å². The summed E-state index contributed by atoms with van der Waals surface area (Å²) < 4.78 is 0. The molecule has 0 atom stereocenters. The molecule has 0 bridgehead atoms. The van der Waals surface area contributed by atoms with Crippen molar-refractivity contribution in [2.24, 2.45) is 5.10 Å². The van der Waals surface area contributed by atoms with E-state index in [1.54, 1.807) is 36.6 Å². The van der Waals surface area contributed by atoms with Crippen LogP contribution in [0.2, 0.25) is 0 Å². The number of phenolic OH excluding ortho intramolecular Hbond substituents is 1. The molecule has 0 unspecified atom stereocenters. The second-order valence-corrected chi connectivity index (χ2v) is 3.37. The molecular formula is C11H13N3OS. The highest BCUT2D eigenvalue weighted by atomic mass is 32.1. The predicted molar refractivity (Wildman–Crippen MR) is 69.6 cm³/mol. The van der Waals surface area contributed by atoms with Gasteiger partial charge in [0, 0.05) is 6.54 Å². The summed E-state index contributed by atoms with van der Waals surface area (Å²) in [6.07, 6.45) is 3.32. The van der Waals surface area contributed by atoms with E-state index in [0.717, 1.165) is 5.56 Å². The van der Waals surface area contributed by atoms with E-state index in [2.05, 4.69) is 22.4 Å². The molecule has 0 heterocycles. The zero-order valence-electron chi connectivity index (χ0n) is 8.68. The smallest absolute Gasteiger partial charge is 0.187 e.